The van der Waals surface area contributed by atoms with Crippen LogP contribution in [0.15, 0.2) is 0 Å². The van der Waals surface area contributed by atoms with Gasteiger partial charge in [-0.3, -0.25) is 0 Å². The third-order valence-electron chi connectivity index (χ3n) is 15.5. The Balaban J connectivity index is 2.50. The fourth-order valence-electron chi connectivity index (χ4n) is 10.8. The molecule has 0 amide bonds. The number of hydrogen-bond donors (Lipinski definition) is 0. The molecule has 1 heterocycles. The van der Waals surface area contributed by atoms with Crippen LogP contribution in [-0.4, -0.2) is 9.97 Å². The molecule has 0 spiro atoms. The van der Waals surface area contributed by atoms with Crippen molar-refractivity contribution < 1.29 is 0 Å². The van der Waals surface area contributed by atoms with E-state index in [1.54, 1.807) is 5.56 Å². The molecule has 1 aromatic heterocycles. The Morgan fingerprint density at radius 2 is 0.358 bits per heavy atom. The average molecular weight is 936 g/mol. The topological polar surface area (TPSA) is 25.8 Å². The Morgan fingerprint density at radius 3 is 0.567 bits per heavy atom. The van der Waals surface area contributed by atoms with Gasteiger partial charge >= 0.3 is 0 Å². The molecule has 0 saturated heterocycles. The van der Waals surface area contributed by atoms with Gasteiger partial charge in [0, 0.05) is 17.8 Å². The van der Waals surface area contributed by atoms with Crippen LogP contribution in [-0.2, 0) is 25.7 Å². The van der Waals surface area contributed by atoms with Gasteiger partial charge in [-0.25, -0.2) is 9.97 Å². The smallest absolute Gasteiger partial charge is 0.128 e. The Kier molecular flexibility index (Phi) is 52.1. The number of hydrogen-bond acceptors (Lipinski definition) is 2. The molecule has 2 nitrogen and oxygen atoms in total. The van der Waals surface area contributed by atoms with Crippen molar-refractivity contribution in [2.75, 3.05) is 0 Å². The van der Waals surface area contributed by atoms with Crippen LogP contribution in [0.5, 0.6) is 0 Å². The standard InChI is InChI=1S/C65H126N2/c1-5-9-13-16-19-22-25-28-31-34-37-40-43-46-49-52-55-58-62-63(59-56-53-50-47-44-41-38-35-32-29-26-23-20-17-14-10-6-2)66-65(61-12-8-4)67-64(62)60-57-54-51-48-45-42-39-36-33-30-27-24-21-18-15-11-7-3/h5-61H2,1-4H3. The predicted octanol–water partition coefficient (Wildman–Crippen LogP) is 23.4. The summed E-state index contributed by atoms with van der Waals surface area (Å²) < 4.78 is 0. The molecule has 0 aliphatic rings. The first-order chi connectivity index (χ1) is 33.3. The van der Waals surface area contributed by atoms with Gasteiger partial charge in [0.25, 0.3) is 0 Å². The summed E-state index contributed by atoms with van der Waals surface area (Å²) in [6.45, 7) is 9.28. The molecule has 0 fully saturated rings. The monoisotopic (exact) mass is 935 g/mol. The lowest BCUT2D eigenvalue weighted by molar-refractivity contribution is 0.524. The van der Waals surface area contributed by atoms with E-state index < -0.39 is 0 Å². The first-order valence-electron chi connectivity index (χ1n) is 32.1. The molecule has 67 heavy (non-hydrogen) atoms. The van der Waals surface area contributed by atoms with Gasteiger partial charge < -0.3 is 0 Å². The lowest BCUT2D eigenvalue weighted by Crippen LogP contribution is -2.11. The van der Waals surface area contributed by atoms with Gasteiger partial charge in [-0.2, -0.15) is 0 Å². The van der Waals surface area contributed by atoms with E-state index in [-0.39, 0.29) is 0 Å². The van der Waals surface area contributed by atoms with Crippen LogP contribution in [0.3, 0.4) is 0 Å². The Hall–Kier alpha value is -0.920. The maximum absolute atomic E-state index is 5.39. The van der Waals surface area contributed by atoms with Crippen LogP contribution >= 0.6 is 0 Å². The lowest BCUT2D eigenvalue weighted by Gasteiger charge is -2.16. The van der Waals surface area contributed by atoms with Crippen molar-refractivity contribution in [1.82, 2.24) is 9.97 Å². The summed E-state index contributed by atoms with van der Waals surface area (Å²) in [6, 6.07) is 0. The molecule has 396 valence electrons. The van der Waals surface area contributed by atoms with E-state index >= 15 is 0 Å². The molecule has 1 rings (SSSR count). The minimum absolute atomic E-state index is 1.06. The molecule has 0 unspecified atom stereocenters. The Morgan fingerprint density at radius 1 is 0.179 bits per heavy atom. The molecule has 0 saturated carbocycles. The summed E-state index contributed by atoms with van der Waals surface area (Å²) in [5, 5.41) is 0. The average Bonchev–Trinajstić information content (AvgIpc) is 3.34. The van der Waals surface area contributed by atoms with Crippen LogP contribution in [0, 0.1) is 0 Å². The first-order valence-corrected chi connectivity index (χ1v) is 32.1. The quantitative estimate of drug-likeness (QED) is 0.0608. The lowest BCUT2D eigenvalue weighted by atomic mass is 9.96. The highest BCUT2D eigenvalue weighted by Gasteiger charge is 2.15. The van der Waals surface area contributed by atoms with Gasteiger partial charge in [-0.1, -0.05) is 342 Å². The van der Waals surface area contributed by atoms with Gasteiger partial charge in [-0.15, -0.1) is 0 Å². The van der Waals surface area contributed by atoms with Crippen molar-refractivity contribution >= 4 is 0 Å². The van der Waals surface area contributed by atoms with Gasteiger partial charge in [0.05, 0.1) is 0 Å². The third-order valence-corrected chi connectivity index (χ3v) is 15.5. The van der Waals surface area contributed by atoms with E-state index in [2.05, 4.69) is 27.7 Å². The summed E-state index contributed by atoms with van der Waals surface area (Å²) in [5.74, 6) is 1.16. The summed E-state index contributed by atoms with van der Waals surface area (Å²) in [7, 11) is 0. The highest BCUT2D eigenvalue weighted by molar-refractivity contribution is 5.27. The second kappa shape index (κ2) is 54.4. The van der Waals surface area contributed by atoms with Gasteiger partial charge in [0.15, 0.2) is 0 Å². The molecule has 0 aliphatic heterocycles. The second-order valence-corrected chi connectivity index (χ2v) is 22.3. The molecule has 0 bridgehead atoms. The summed E-state index contributed by atoms with van der Waals surface area (Å²) in [5.41, 5.74) is 4.51. The Bertz CT molecular complexity index is 1020. The summed E-state index contributed by atoms with van der Waals surface area (Å²) in [4.78, 5) is 10.8. The van der Waals surface area contributed by atoms with Crippen molar-refractivity contribution in [1.29, 1.82) is 0 Å². The van der Waals surface area contributed by atoms with Gasteiger partial charge in [-0.05, 0) is 50.5 Å². The zero-order valence-corrected chi connectivity index (χ0v) is 47.2. The van der Waals surface area contributed by atoms with Crippen LogP contribution in [0.25, 0.3) is 0 Å². The van der Waals surface area contributed by atoms with Crippen molar-refractivity contribution in [2.24, 2.45) is 0 Å². The van der Waals surface area contributed by atoms with Gasteiger partial charge in [0.1, 0.15) is 5.82 Å². The summed E-state index contributed by atoms with van der Waals surface area (Å²) in [6.07, 6.45) is 80.4. The molecule has 2 heteroatoms. The minimum Gasteiger partial charge on any atom is -0.238 e. The van der Waals surface area contributed by atoms with E-state index in [0.717, 1.165) is 12.2 Å². The molecule has 0 aliphatic carbocycles. The Labute approximate surface area is 424 Å². The van der Waals surface area contributed by atoms with Crippen LogP contribution in [0.2, 0.25) is 0 Å². The summed E-state index contributed by atoms with van der Waals surface area (Å²) >= 11 is 0. The van der Waals surface area contributed by atoms with Crippen molar-refractivity contribution in [3.05, 3.63) is 22.8 Å². The molecule has 0 radical (unpaired) electrons. The van der Waals surface area contributed by atoms with Crippen molar-refractivity contribution in [3.8, 4) is 0 Å². The molecular weight excluding hydrogens is 809 g/mol. The molecule has 1 aromatic rings. The molecular formula is C65H126N2. The van der Waals surface area contributed by atoms with Crippen LogP contribution in [0.1, 0.15) is 391 Å². The maximum Gasteiger partial charge on any atom is 0.128 e. The number of rotatable bonds is 57. The van der Waals surface area contributed by atoms with Crippen LogP contribution in [0.4, 0.5) is 0 Å². The molecule has 0 N–H and O–H groups in total. The molecule has 0 aromatic carbocycles. The third kappa shape index (κ3) is 44.7. The normalized spacial score (nSPS) is 11.7. The van der Waals surface area contributed by atoms with Crippen molar-refractivity contribution in [2.45, 2.75) is 394 Å². The number of unbranched alkanes of at least 4 members (excludes halogenated alkanes) is 49. The van der Waals surface area contributed by atoms with E-state index in [0.29, 0.717) is 0 Å². The molecule has 0 atom stereocenters. The highest BCUT2D eigenvalue weighted by Crippen LogP contribution is 2.24. The first kappa shape index (κ1) is 64.1. The largest absolute Gasteiger partial charge is 0.238 e. The van der Waals surface area contributed by atoms with Crippen LogP contribution < -0.4 is 0 Å². The fourth-order valence-corrected chi connectivity index (χ4v) is 10.8. The minimum atomic E-state index is 1.06. The predicted molar refractivity (Wildman–Crippen MR) is 304 cm³/mol. The van der Waals surface area contributed by atoms with E-state index in [4.69, 9.17) is 9.97 Å². The highest BCUT2D eigenvalue weighted by atomic mass is 14.9. The zero-order valence-electron chi connectivity index (χ0n) is 47.2. The van der Waals surface area contributed by atoms with E-state index in [9.17, 15) is 0 Å². The zero-order chi connectivity index (χ0) is 48.0. The van der Waals surface area contributed by atoms with E-state index in [1.165, 1.54) is 371 Å². The number of aryl methyl sites for hydroxylation is 3. The van der Waals surface area contributed by atoms with Gasteiger partial charge in [0.2, 0.25) is 0 Å². The number of nitrogens with zero attached hydrogens (tertiary/aromatic N) is 2. The number of aromatic nitrogens is 2. The maximum atomic E-state index is 5.39. The van der Waals surface area contributed by atoms with E-state index in [1.807, 2.05) is 0 Å². The SMILES string of the molecule is CCCCCCCCCCCCCCCCCCCc1nc(CCCC)nc(CCCCCCCCCCCCCCCCCCC)c1CCCCCCCCCCCCCCCCCCC. The second-order valence-electron chi connectivity index (χ2n) is 22.3. The fraction of sp³-hybridized carbons (Fsp3) is 0.938. The van der Waals surface area contributed by atoms with Crippen molar-refractivity contribution in [3.63, 3.8) is 0 Å².